The fraction of sp³-hybridized carbons (Fsp3) is 0.154. The maximum atomic E-state index is 5.92. The lowest BCUT2D eigenvalue weighted by molar-refractivity contribution is 1.12. The second kappa shape index (κ2) is 4.99. The van der Waals surface area contributed by atoms with E-state index < -0.39 is 0 Å². The van der Waals surface area contributed by atoms with E-state index in [1.807, 2.05) is 36.5 Å². The number of hydrogen-bond acceptors (Lipinski definition) is 2. The van der Waals surface area contributed by atoms with Gasteiger partial charge in [0.1, 0.15) is 0 Å². The van der Waals surface area contributed by atoms with Crippen LogP contribution < -0.4 is 5.32 Å². The molecule has 1 heterocycles. The molecule has 0 aliphatic heterocycles. The SMILES string of the molecule is Cc1ccncc1NCc1cccc(Cl)c1. The Morgan fingerprint density at radius 3 is 2.94 bits per heavy atom. The van der Waals surface area contributed by atoms with Gasteiger partial charge in [0.2, 0.25) is 0 Å². The average Bonchev–Trinajstić information content (AvgIpc) is 2.28. The minimum Gasteiger partial charge on any atom is -0.380 e. The summed E-state index contributed by atoms with van der Waals surface area (Å²) in [5.41, 5.74) is 3.41. The predicted molar refractivity (Wildman–Crippen MR) is 67.8 cm³/mol. The molecule has 0 radical (unpaired) electrons. The average molecular weight is 233 g/mol. The number of benzene rings is 1. The molecule has 1 aromatic carbocycles. The van der Waals surface area contributed by atoms with Crippen LogP contribution in [0.15, 0.2) is 42.7 Å². The van der Waals surface area contributed by atoms with E-state index in [1.54, 1.807) is 6.20 Å². The van der Waals surface area contributed by atoms with E-state index in [0.717, 1.165) is 22.8 Å². The fourth-order valence-corrected chi connectivity index (χ4v) is 1.71. The first-order valence-corrected chi connectivity index (χ1v) is 5.52. The van der Waals surface area contributed by atoms with Gasteiger partial charge in [-0.2, -0.15) is 0 Å². The number of hydrogen-bond donors (Lipinski definition) is 1. The minimum absolute atomic E-state index is 0.757. The van der Waals surface area contributed by atoms with Gasteiger partial charge in [0, 0.05) is 17.8 Å². The summed E-state index contributed by atoms with van der Waals surface area (Å²) >= 11 is 5.92. The van der Waals surface area contributed by atoms with Crippen molar-refractivity contribution in [1.29, 1.82) is 0 Å². The van der Waals surface area contributed by atoms with Crippen LogP contribution in [0.2, 0.25) is 5.02 Å². The smallest absolute Gasteiger partial charge is 0.0559 e. The van der Waals surface area contributed by atoms with Crippen molar-refractivity contribution in [3.8, 4) is 0 Å². The Labute approximate surface area is 100 Å². The van der Waals surface area contributed by atoms with Crippen molar-refractivity contribution < 1.29 is 0 Å². The van der Waals surface area contributed by atoms with E-state index in [-0.39, 0.29) is 0 Å². The molecule has 2 nitrogen and oxygen atoms in total. The first-order valence-electron chi connectivity index (χ1n) is 5.14. The van der Waals surface area contributed by atoms with Crippen LogP contribution in [0, 0.1) is 6.92 Å². The Kier molecular flexibility index (Phi) is 3.42. The summed E-state index contributed by atoms with van der Waals surface area (Å²) < 4.78 is 0. The van der Waals surface area contributed by atoms with Gasteiger partial charge in [0.15, 0.2) is 0 Å². The quantitative estimate of drug-likeness (QED) is 0.874. The molecule has 0 spiro atoms. The van der Waals surface area contributed by atoms with Crippen molar-refractivity contribution in [1.82, 2.24) is 4.98 Å². The van der Waals surface area contributed by atoms with E-state index in [2.05, 4.69) is 17.2 Å². The van der Waals surface area contributed by atoms with E-state index >= 15 is 0 Å². The molecule has 0 fully saturated rings. The van der Waals surface area contributed by atoms with Crippen molar-refractivity contribution in [2.24, 2.45) is 0 Å². The van der Waals surface area contributed by atoms with Crippen molar-refractivity contribution in [3.63, 3.8) is 0 Å². The van der Waals surface area contributed by atoms with Crippen LogP contribution in [-0.2, 0) is 6.54 Å². The zero-order valence-corrected chi connectivity index (χ0v) is 9.83. The second-order valence-electron chi connectivity index (χ2n) is 3.67. The number of pyridine rings is 1. The molecule has 2 aromatic rings. The predicted octanol–water partition coefficient (Wildman–Crippen LogP) is 3.66. The Bertz CT molecular complexity index is 483. The van der Waals surface area contributed by atoms with E-state index in [4.69, 9.17) is 11.6 Å². The maximum absolute atomic E-state index is 5.92. The lowest BCUT2D eigenvalue weighted by atomic mass is 10.2. The van der Waals surface area contributed by atoms with Gasteiger partial charge in [-0.25, -0.2) is 0 Å². The highest BCUT2D eigenvalue weighted by molar-refractivity contribution is 6.30. The summed E-state index contributed by atoms with van der Waals surface area (Å²) in [6, 6.07) is 9.82. The molecular weight excluding hydrogens is 220 g/mol. The molecule has 0 saturated carbocycles. The zero-order chi connectivity index (χ0) is 11.4. The molecule has 2 rings (SSSR count). The van der Waals surface area contributed by atoms with Crippen LogP contribution in [0.4, 0.5) is 5.69 Å². The summed E-state index contributed by atoms with van der Waals surface area (Å²) in [6.45, 7) is 2.81. The van der Waals surface area contributed by atoms with Crippen LogP contribution >= 0.6 is 11.6 Å². The molecule has 16 heavy (non-hydrogen) atoms. The molecule has 0 aliphatic rings. The molecule has 0 saturated heterocycles. The topological polar surface area (TPSA) is 24.9 Å². The molecule has 0 amide bonds. The van der Waals surface area contributed by atoms with E-state index in [0.29, 0.717) is 0 Å². The minimum atomic E-state index is 0.757. The van der Waals surface area contributed by atoms with Gasteiger partial charge >= 0.3 is 0 Å². The molecular formula is C13H13ClN2. The number of aromatic nitrogens is 1. The number of nitrogens with one attached hydrogen (secondary N) is 1. The Hall–Kier alpha value is -1.54. The normalized spacial score (nSPS) is 10.1. The Morgan fingerprint density at radius 2 is 2.19 bits per heavy atom. The molecule has 0 bridgehead atoms. The number of halogens is 1. The largest absolute Gasteiger partial charge is 0.380 e. The number of aryl methyl sites for hydroxylation is 1. The van der Waals surface area contributed by atoms with Crippen LogP contribution in [0.1, 0.15) is 11.1 Å². The Morgan fingerprint density at radius 1 is 1.31 bits per heavy atom. The van der Waals surface area contributed by atoms with Gasteiger partial charge in [-0.1, -0.05) is 23.7 Å². The van der Waals surface area contributed by atoms with Crippen LogP contribution in [0.3, 0.4) is 0 Å². The van der Waals surface area contributed by atoms with Crippen LogP contribution in [0.25, 0.3) is 0 Å². The van der Waals surface area contributed by atoms with Gasteiger partial charge in [-0.3, -0.25) is 4.98 Å². The highest BCUT2D eigenvalue weighted by Crippen LogP contribution is 2.15. The standard InChI is InChI=1S/C13H13ClN2/c1-10-5-6-15-9-13(10)16-8-11-3-2-4-12(14)7-11/h2-7,9,16H,8H2,1H3. The van der Waals surface area contributed by atoms with E-state index in [1.165, 1.54) is 5.56 Å². The summed E-state index contributed by atoms with van der Waals surface area (Å²) in [5.74, 6) is 0. The van der Waals surface area contributed by atoms with Gasteiger partial charge in [-0.05, 0) is 36.2 Å². The fourth-order valence-electron chi connectivity index (χ4n) is 1.49. The lowest BCUT2D eigenvalue weighted by Gasteiger charge is -2.08. The number of anilines is 1. The van der Waals surface area contributed by atoms with Crippen LogP contribution in [0.5, 0.6) is 0 Å². The van der Waals surface area contributed by atoms with Gasteiger partial charge in [0.05, 0.1) is 11.9 Å². The lowest BCUT2D eigenvalue weighted by Crippen LogP contribution is -2.01. The molecule has 0 atom stereocenters. The number of nitrogens with zero attached hydrogens (tertiary/aromatic N) is 1. The maximum Gasteiger partial charge on any atom is 0.0559 e. The highest BCUT2D eigenvalue weighted by atomic mass is 35.5. The molecule has 1 N–H and O–H groups in total. The van der Waals surface area contributed by atoms with Gasteiger partial charge < -0.3 is 5.32 Å². The third-order valence-electron chi connectivity index (χ3n) is 2.41. The van der Waals surface area contributed by atoms with Crippen molar-refractivity contribution >= 4 is 17.3 Å². The summed E-state index contributed by atoms with van der Waals surface area (Å²) in [5, 5.41) is 4.10. The summed E-state index contributed by atoms with van der Waals surface area (Å²) in [6.07, 6.45) is 3.62. The van der Waals surface area contributed by atoms with Crippen molar-refractivity contribution in [2.75, 3.05) is 5.32 Å². The third kappa shape index (κ3) is 2.74. The molecule has 82 valence electrons. The summed E-state index contributed by atoms with van der Waals surface area (Å²) in [4.78, 5) is 4.09. The molecule has 1 aromatic heterocycles. The van der Waals surface area contributed by atoms with Gasteiger partial charge in [0.25, 0.3) is 0 Å². The second-order valence-corrected chi connectivity index (χ2v) is 4.11. The monoisotopic (exact) mass is 232 g/mol. The first kappa shape index (κ1) is 11.0. The zero-order valence-electron chi connectivity index (χ0n) is 9.07. The molecule has 0 unspecified atom stereocenters. The van der Waals surface area contributed by atoms with Crippen LogP contribution in [-0.4, -0.2) is 4.98 Å². The molecule has 3 heteroatoms. The highest BCUT2D eigenvalue weighted by Gasteiger charge is 1.98. The van der Waals surface area contributed by atoms with Gasteiger partial charge in [-0.15, -0.1) is 0 Å². The third-order valence-corrected chi connectivity index (χ3v) is 2.65. The van der Waals surface area contributed by atoms with Crippen molar-refractivity contribution in [3.05, 3.63) is 58.9 Å². The van der Waals surface area contributed by atoms with E-state index in [9.17, 15) is 0 Å². The first-order chi connectivity index (χ1) is 7.75. The summed E-state index contributed by atoms with van der Waals surface area (Å²) in [7, 11) is 0. The molecule has 0 aliphatic carbocycles. The Balaban J connectivity index is 2.05. The number of rotatable bonds is 3. The van der Waals surface area contributed by atoms with Crippen molar-refractivity contribution in [2.45, 2.75) is 13.5 Å².